The van der Waals surface area contributed by atoms with Crippen molar-refractivity contribution in [2.75, 3.05) is 11.9 Å². The van der Waals surface area contributed by atoms with E-state index in [2.05, 4.69) is 20.3 Å². The molecule has 0 fully saturated rings. The zero-order valence-electron chi connectivity index (χ0n) is 17.3. The standard InChI is InChI=1S/C21H27N7O2/c1-3-27-13-18(28(4-2)21(27)30)19(29)15-7-9-16(10-8-15)26-20(22)24-11-5-6-17-12-23-14-25-17/h7-10,12-14,17H,3-6,11H2,1-2H3,(H3,22,24,26). The number of aryl methyl sites for hydroxylation is 1. The molecule has 0 bridgehead atoms. The smallest absolute Gasteiger partial charge is 0.328 e. The van der Waals surface area contributed by atoms with Crippen molar-refractivity contribution in [2.24, 2.45) is 20.7 Å². The minimum absolute atomic E-state index is 0.151. The van der Waals surface area contributed by atoms with Crippen LogP contribution in [-0.4, -0.2) is 46.0 Å². The van der Waals surface area contributed by atoms with Crippen molar-refractivity contribution in [3.8, 4) is 0 Å². The highest BCUT2D eigenvalue weighted by Gasteiger charge is 2.17. The third-order valence-corrected chi connectivity index (χ3v) is 4.88. The average molecular weight is 409 g/mol. The van der Waals surface area contributed by atoms with Crippen LogP contribution < -0.4 is 16.7 Å². The minimum atomic E-state index is -0.188. The van der Waals surface area contributed by atoms with E-state index in [1.807, 2.05) is 20.1 Å². The summed E-state index contributed by atoms with van der Waals surface area (Å²) in [6, 6.07) is 7.11. The molecule has 1 aliphatic heterocycles. The fraction of sp³-hybridized carbons (Fsp3) is 0.381. The maximum atomic E-state index is 12.9. The van der Waals surface area contributed by atoms with E-state index in [1.165, 1.54) is 9.13 Å². The Kier molecular flexibility index (Phi) is 6.95. The van der Waals surface area contributed by atoms with Gasteiger partial charge in [0.25, 0.3) is 0 Å². The Morgan fingerprint density at radius 1 is 1.23 bits per heavy atom. The molecular weight excluding hydrogens is 382 g/mol. The number of nitrogens with zero attached hydrogens (tertiary/aromatic N) is 5. The molecule has 1 atom stereocenters. The highest BCUT2D eigenvalue weighted by atomic mass is 16.2. The van der Waals surface area contributed by atoms with Crippen molar-refractivity contribution < 1.29 is 4.79 Å². The zero-order valence-corrected chi connectivity index (χ0v) is 17.3. The summed E-state index contributed by atoms with van der Waals surface area (Å²) >= 11 is 0. The van der Waals surface area contributed by atoms with Gasteiger partial charge in [0.2, 0.25) is 5.78 Å². The number of ketones is 1. The van der Waals surface area contributed by atoms with E-state index in [9.17, 15) is 9.59 Å². The number of aliphatic imine (C=N–C) groups is 3. The molecule has 9 heteroatoms. The van der Waals surface area contributed by atoms with E-state index >= 15 is 0 Å². The van der Waals surface area contributed by atoms with Crippen LogP contribution in [0.15, 0.2) is 50.2 Å². The molecule has 0 spiro atoms. The van der Waals surface area contributed by atoms with E-state index in [-0.39, 0.29) is 17.5 Å². The van der Waals surface area contributed by atoms with Crippen molar-refractivity contribution in [2.45, 2.75) is 45.8 Å². The van der Waals surface area contributed by atoms with Crippen LogP contribution in [0.3, 0.4) is 0 Å². The van der Waals surface area contributed by atoms with Crippen molar-refractivity contribution in [1.29, 1.82) is 0 Å². The number of rotatable bonds is 9. The molecule has 0 saturated carbocycles. The van der Waals surface area contributed by atoms with E-state index in [0.717, 1.165) is 18.5 Å². The Hall–Kier alpha value is -3.49. The summed E-state index contributed by atoms with van der Waals surface area (Å²) in [6.45, 7) is 5.29. The molecule has 9 nitrogen and oxygen atoms in total. The molecule has 1 unspecified atom stereocenters. The normalized spacial score (nSPS) is 15.7. The van der Waals surface area contributed by atoms with Crippen molar-refractivity contribution in [1.82, 2.24) is 9.13 Å². The van der Waals surface area contributed by atoms with E-state index < -0.39 is 0 Å². The number of guanidine groups is 1. The number of nitrogens with one attached hydrogen (secondary N) is 1. The van der Waals surface area contributed by atoms with Crippen LogP contribution in [0, 0.1) is 0 Å². The van der Waals surface area contributed by atoms with Crippen molar-refractivity contribution >= 4 is 30.0 Å². The van der Waals surface area contributed by atoms with Gasteiger partial charge in [0.05, 0.1) is 6.04 Å². The Balaban J connectivity index is 1.59. The van der Waals surface area contributed by atoms with Gasteiger partial charge in [0.1, 0.15) is 12.0 Å². The van der Waals surface area contributed by atoms with E-state index in [1.54, 1.807) is 36.8 Å². The van der Waals surface area contributed by atoms with Crippen LogP contribution in [0.25, 0.3) is 0 Å². The second-order valence-electron chi connectivity index (χ2n) is 6.90. The number of aromatic nitrogens is 2. The Morgan fingerprint density at radius 3 is 2.63 bits per heavy atom. The van der Waals surface area contributed by atoms with Crippen LogP contribution in [0.5, 0.6) is 0 Å². The van der Waals surface area contributed by atoms with Gasteiger partial charge in [0, 0.05) is 43.3 Å². The fourth-order valence-corrected chi connectivity index (χ4v) is 3.23. The summed E-state index contributed by atoms with van der Waals surface area (Å²) in [5.74, 6) is 0.130. The largest absolute Gasteiger partial charge is 0.370 e. The topological polar surface area (TPSA) is 119 Å². The molecule has 2 aromatic rings. The molecule has 0 radical (unpaired) electrons. The lowest BCUT2D eigenvalue weighted by Crippen LogP contribution is -2.25. The maximum Gasteiger partial charge on any atom is 0.328 e. The maximum absolute atomic E-state index is 12.9. The van der Waals surface area contributed by atoms with Gasteiger partial charge in [-0.05, 0) is 51.0 Å². The summed E-state index contributed by atoms with van der Waals surface area (Å²) in [5, 5.41) is 3.02. The molecule has 3 rings (SSSR count). The number of anilines is 1. The van der Waals surface area contributed by atoms with Gasteiger partial charge in [0.15, 0.2) is 5.96 Å². The fourth-order valence-electron chi connectivity index (χ4n) is 3.23. The monoisotopic (exact) mass is 409 g/mol. The van der Waals surface area contributed by atoms with Gasteiger partial charge in [-0.2, -0.15) is 0 Å². The summed E-state index contributed by atoms with van der Waals surface area (Å²) in [4.78, 5) is 37.6. The molecule has 2 heterocycles. The van der Waals surface area contributed by atoms with Crippen LogP contribution in [0.2, 0.25) is 0 Å². The number of hydrogen-bond acceptors (Lipinski definition) is 5. The lowest BCUT2D eigenvalue weighted by Gasteiger charge is -2.08. The van der Waals surface area contributed by atoms with Crippen molar-refractivity contribution in [3.05, 3.63) is 52.2 Å². The molecule has 158 valence electrons. The molecule has 0 saturated heterocycles. The number of benzene rings is 1. The second-order valence-corrected chi connectivity index (χ2v) is 6.90. The summed E-state index contributed by atoms with van der Waals surface area (Å²) in [5.41, 5.74) is 7.40. The molecule has 0 aliphatic carbocycles. The summed E-state index contributed by atoms with van der Waals surface area (Å²) in [7, 11) is 0. The quantitative estimate of drug-likeness (QED) is 0.284. The molecule has 0 amide bonds. The number of carbonyl (C=O) groups is 1. The van der Waals surface area contributed by atoms with Crippen molar-refractivity contribution in [3.63, 3.8) is 0 Å². The summed E-state index contributed by atoms with van der Waals surface area (Å²) < 4.78 is 3.03. The number of imidazole rings is 1. The second kappa shape index (κ2) is 9.82. The Bertz CT molecular complexity index is 1020. The van der Waals surface area contributed by atoms with Crippen LogP contribution in [-0.2, 0) is 13.1 Å². The third-order valence-electron chi connectivity index (χ3n) is 4.88. The third kappa shape index (κ3) is 4.91. The first-order valence-corrected chi connectivity index (χ1v) is 10.1. The highest BCUT2D eigenvalue weighted by Crippen LogP contribution is 2.14. The van der Waals surface area contributed by atoms with Gasteiger partial charge in [-0.1, -0.05) is 0 Å². The molecule has 30 heavy (non-hydrogen) atoms. The first-order valence-electron chi connectivity index (χ1n) is 10.1. The lowest BCUT2D eigenvalue weighted by molar-refractivity contribution is 0.103. The number of nitrogens with two attached hydrogens (primary N) is 1. The van der Waals surface area contributed by atoms with Gasteiger partial charge in [-0.15, -0.1) is 0 Å². The van der Waals surface area contributed by atoms with E-state index in [4.69, 9.17) is 5.73 Å². The lowest BCUT2D eigenvalue weighted by atomic mass is 10.1. The molecule has 1 aromatic carbocycles. The zero-order chi connectivity index (χ0) is 21.5. The Morgan fingerprint density at radius 2 is 2.00 bits per heavy atom. The number of hydrogen-bond donors (Lipinski definition) is 2. The first kappa shape index (κ1) is 21.2. The van der Waals surface area contributed by atoms with Gasteiger partial charge in [-0.3, -0.25) is 23.9 Å². The highest BCUT2D eigenvalue weighted by molar-refractivity contribution is 6.08. The first-order chi connectivity index (χ1) is 14.5. The molecule has 1 aliphatic rings. The molecule has 1 aromatic heterocycles. The predicted octanol–water partition coefficient (Wildman–Crippen LogP) is 1.91. The molecule has 3 N–H and O–H groups in total. The van der Waals surface area contributed by atoms with Gasteiger partial charge in [-0.25, -0.2) is 9.79 Å². The summed E-state index contributed by atoms with van der Waals surface area (Å²) in [6.07, 6.45) is 6.76. The van der Waals surface area contributed by atoms with Crippen LogP contribution >= 0.6 is 0 Å². The SMILES string of the molecule is CCn1cc(C(=O)c2ccc(NC(N)=NCCCC3C=NC=N3)cc2)n(CC)c1=O. The van der Waals surface area contributed by atoms with Gasteiger partial charge < -0.3 is 11.1 Å². The molecular formula is C21H27N7O2. The van der Waals surface area contributed by atoms with Crippen LogP contribution in [0.4, 0.5) is 5.69 Å². The van der Waals surface area contributed by atoms with Gasteiger partial charge >= 0.3 is 5.69 Å². The number of carbonyl (C=O) groups excluding carboxylic acids is 1. The minimum Gasteiger partial charge on any atom is -0.370 e. The van der Waals surface area contributed by atoms with Crippen LogP contribution in [0.1, 0.15) is 42.7 Å². The predicted molar refractivity (Wildman–Crippen MR) is 120 cm³/mol. The Labute approximate surface area is 175 Å². The van der Waals surface area contributed by atoms with E-state index in [0.29, 0.717) is 36.9 Å². The average Bonchev–Trinajstić information content (AvgIpc) is 3.38.